The van der Waals surface area contributed by atoms with Crippen LogP contribution in [0.3, 0.4) is 0 Å². The van der Waals surface area contributed by atoms with Gasteiger partial charge < -0.3 is 0 Å². The normalized spacial score (nSPS) is 31.6. The molecule has 1 unspecified atom stereocenters. The molecule has 1 aliphatic heterocycles. The van der Waals surface area contributed by atoms with Crippen LogP contribution < -0.4 is 5.32 Å². The zero-order valence-corrected chi connectivity index (χ0v) is 8.64. The summed E-state index contributed by atoms with van der Waals surface area (Å²) in [5.74, 6) is 0.372. The van der Waals surface area contributed by atoms with E-state index in [9.17, 15) is 9.59 Å². The zero-order chi connectivity index (χ0) is 10.2. The quantitative estimate of drug-likeness (QED) is 0.597. The molecule has 1 saturated heterocycles. The molecule has 2 rings (SSSR count). The number of carbonyl (C=O) groups excluding carboxylic acids is 2. The van der Waals surface area contributed by atoms with Crippen molar-refractivity contribution in [1.82, 2.24) is 5.32 Å². The van der Waals surface area contributed by atoms with Gasteiger partial charge in [-0.3, -0.25) is 14.9 Å². The van der Waals surface area contributed by atoms with Crippen LogP contribution in [-0.2, 0) is 9.59 Å². The van der Waals surface area contributed by atoms with Crippen molar-refractivity contribution < 1.29 is 9.59 Å². The zero-order valence-electron chi connectivity index (χ0n) is 8.64. The molecule has 0 radical (unpaired) electrons. The molecule has 0 aromatic heterocycles. The lowest BCUT2D eigenvalue weighted by Crippen LogP contribution is -2.48. The summed E-state index contributed by atoms with van der Waals surface area (Å²) in [6.07, 6.45) is 5.75. The van der Waals surface area contributed by atoms with Gasteiger partial charge in [-0.15, -0.1) is 0 Å². The molecule has 78 valence electrons. The molecule has 2 fully saturated rings. The molecule has 3 nitrogen and oxygen atoms in total. The fourth-order valence-corrected chi connectivity index (χ4v) is 2.95. The number of imide groups is 1. The Morgan fingerprint density at radius 3 is 2.43 bits per heavy atom. The summed E-state index contributed by atoms with van der Waals surface area (Å²) in [5, 5.41) is 2.39. The minimum absolute atomic E-state index is 0.00231. The largest absolute Gasteiger partial charge is 0.296 e. The van der Waals surface area contributed by atoms with E-state index in [2.05, 4.69) is 12.2 Å². The lowest BCUT2D eigenvalue weighted by Gasteiger charge is -2.44. The summed E-state index contributed by atoms with van der Waals surface area (Å²) < 4.78 is 0. The van der Waals surface area contributed by atoms with Crippen LogP contribution in [0.1, 0.15) is 45.4 Å². The molecule has 0 aromatic carbocycles. The van der Waals surface area contributed by atoms with E-state index in [4.69, 9.17) is 0 Å². The van der Waals surface area contributed by atoms with E-state index in [1.807, 2.05) is 0 Å². The van der Waals surface area contributed by atoms with Gasteiger partial charge in [-0.25, -0.2) is 0 Å². The summed E-state index contributed by atoms with van der Waals surface area (Å²) in [7, 11) is 0. The Morgan fingerprint density at radius 2 is 1.86 bits per heavy atom. The Bertz CT molecular complexity index is 256. The standard InChI is InChI=1S/C11H17NO2/c1-8-4-2-3-5-11(8)6-9(13)12-10(14)7-11/h8H,2-7H2,1H3,(H,12,13,14). The van der Waals surface area contributed by atoms with E-state index < -0.39 is 0 Å². The lowest BCUT2D eigenvalue weighted by atomic mass is 9.62. The molecule has 1 spiro atoms. The average molecular weight is 195 g/mol. The maximum absolute atomic E-state index is 11.4. The van der Waals surface area contributed by atoms with Crippen molar-refractivity contribution in [2.45, 2.75) is 45.4 Å². The van der Waals surface area contributed by atoms with Crippen LogP contribution in [0, 0.1) is 11.3 Å². The third-order valence-corrected chi connectivity index (χ3v) is 3.91. The number of nitrogens with one attached hydrogen (secondary N) is 1. The van der Waals surface area contributed by atoms with Gasteiger partial charge in [0.25, 0.3) is 0 Å². The van der Waals surface area contributed by atoms with Crippen molar-refractivity contribution in [2.24, 2.45) is 11.3 Å². The number of carbonyl (C=O) groups is 2. The van der Waals surface area contributed by atoms with E-state index in [1.54, 1.807) is 0 Å². The minimum Gasteiger partial charge on any atom is -0.296 e. The van der Waals surface area contributed by atoms with Crippen molar-refractivity contribution in [3.05, 3.63) is 0 Å². The van der Waals surface area contributed by atoms with Gasteiger partial charge in [0.2, 0.25) is 11.8 Å². The maximum Gasteiger partial charge on any atom is 0.227 e. The van der Waals surface area contributed by atoms with Crippen molar-refractivity contribution in [3.8, 4) is 0 Å². The van der Waals surface area contributed by atoms with Crippen LogP contribution in [0.25, 0.3) is 0 Å². The number of piperidine rings is 1. The third kappa shape index (κ3) is 1.56. The fourth-order valence-electron chi connectivity index (χ4n) is 2.95. The van der Waals surface area contributed by atoms with E-state index >= 15 is 0 Å². The van der Waals surface area contributed by atoms with Gasteiger partial charge >= 0.3 is 0 Å². The molecule has 0 bridgehead atoms. The van der Waals surface area contributed by atoms with Crippen molar-refractivity contribution in [3.63, 3.8) is 0 Å². The van der Waals surface area contributed by atoms with Crippen LogP contribution in [0.15, 0.2) is 0 Å². The molecule has 14 heavy (non-hydrogen) atoms. The Morgan fingerprint density at radius 1 is 1.21 bits per heavy atom. The summed E-state index contributed by atoms with van der Waals surface area (Å²) in [6, 6.07) is 0. The first-order valence-electron chi connectivity index (χ1n) is 5.45. The van der Waals surface area contributed by atoms with Crippen LogP contribution in [0.5, 0.6) is 0 Å². The smallest absolute Gasteiger partial charge is 0.227 e. The first-order chi connectivity index (χ1) is 6.62. The molecule has 3 heteroatoms. The Hall–Kier alpha value is -0.860. The van der Waals surface area contributed by atoms with Crippen LogP contribution in [0.4, 0.5) is 0 Å². The number of rotatable bonds is 0. The van der Waals surface area contributed by atoms with Crippen molar-refractivity contribution in [1.29, 1.82) is 0 Å². The highest BCUT2D eigenvalue weighted by molar-refractivity contribution is 5.98. The molecule has 1 N–H and O–H groups in total. The first-order valence-corrected chi connectivity index (χ1v) is 5.45. The minimum atomic E-state index is -0.0741. The van der Waals surface area contributed by atoms with E-state index in [1.165, 1.54) is 19.3 Å². The average Bonchev–Trinajstić information content (AvgIpc) is 2.08. The molecular weight excluding hydrogens is 178 g/mol. The monoisotopic (exact) mass is 195 g/mol. The van der Waals surface area contributed by atoms with Crippen LogP contribution >= 0.6 is 0 Å². The molecule has 1 aliphatic carbocycles. The Kier molecular flexibility index (Phi) is 2.33. The van der Waals surface area contributed by atoms with Crippen LogP contribution in [0.2, 0.25) is 0 Å². The van der Waals surface area contributed by atoms with E-state index in [0.29, 0.717) is 18.8 Å². The highest BCUT2D eigenvalue weighted by Crippen LogP contribution is 2.47. The molecule has 1 heterocycles. The molecule has 0 aromatic rings. The van der Waals surface area contributed by atoms with Gasteiger partial charge in [-0.1, -0.05) is 26.2 Å². The Labute approximate surface area is 84.2 Å². The van der Waals surface area contributed by atoms with Crippen molar-refractivity contribution >= 4 is 11.8 Å². The van der Waals surface area contributed by atoms with Gasteiger partial charge in [0.15, 0.2) is 0 Å². The van der Waals surface area contributed by atoms with Crippen LogP contribution in [-0.4, -0.2) is 11.8 Å². The van der Waals surface area contributed by atoms with Gasteiger partial charge in [0.05, 0.1) is 0 Å². The SMILES string of the molecule is CC1CCCCC12CC(=O)NC(=O)C2. The number of amides is 2. The number of hydrogen-bond donors (Lipinski definition) is 1. The second kappa shape index (κ2) is 3.37. The molecule has 1 atom stereocenters. The van der Waals surface area contributed by atoms with Gasteiger partial charge in [0.1, 0.15) is 0 Å². The van der Waals surface area contributed by atoms with Crippen molar-refractivity contribution in [2.75, 3.05) is 0 Å². The highest BCUT2D eigenvalue weighted by atomic mass is 16.2. The van der Waals surface area contributed by atoms with Gasteiger partial charge in [0, 0.05) is 12.8 Å². The summed E-state index contributed by atoms with van der Waals surface area (Å²) in [5.41, 5.74) is -0.00231. The molecule has 1 saturated carbocycles. The lowest BCUT2D eigenvalue weighted by molar-refractivity contribution is -0.141. The second-order valence-electron chi connectivity index (χ2n) is 4.83. The maximum atomic E-state index is 11.4. The fraction of sp³-hybridized carbons (Fsp3) is 0.818. The molecule has 2 amide bonds. The second-order valence-corrected chi connectivity index (χ2v) is 4.83. The van der Waals surface area contributed by atoms with E-state index in [0.717, 1.165) is 6.42 Å². The molecular formula is C11H17NO2. The highest BCUT2D eigenvalue weighted by Gasteiger charge is 2.44. The van der Waals surface area contributed by atoms with E-state index in [-0.39, 0.29) is 17.2 Å². The number of hydrogen-bond acceptors (Lipinski definition) is 2. The summed E-state index contributed by atoms with van der Waals surface area (Å²) >= 11 is 0. The topological polar surface area (TPSA) is 46.2 Å². The van der Waals surface area contributed by atoms with Gasteiger partial charge in [-0.05, 0) is 17.8 Å². The summed E-state index contributed by atoms with van der Waals surface area (Å²) in [6.45, 7) is 2.19. The van der Waals surface area contributed by atoms with Gasteiger partial charge in [-0.2, -0.15) is 0 Å². The summed E-state index contributed by atoms with van der Waals surface area (Å²) in [4.78, 5) is 22.7. The predicted octanol–water partition coefficient (Wildman–Crippen LogP) is 1.62. The first kappa shape index (κ1) is 9.69. The third-order valence-electron chi connectivity index (χ3n) is 3.91. The molecule has 2 aliphatic rings. The predicted molar refractivity (Wildman–Crippen MR) is 52.4 cm³/mol. The Balaban J connectivity index is 2.19.